The van der Waals surface area contributed by atoms with E-state index in [1.165, 1.54) is 31.2 Å². The van der Waals surface area contributed by atoms with E-state index in [4.69, 9.17) is 0 Å². The normalized spacial score (nSPS) is 21.1. The molecule has 5 nitrogen and oxygen atoms in total. The van der Waals surface area contributed by atoms with E-state index >= 15 is 0 Å². The fraction of sp³-hybridized carbons (Fsp3) is 0.550. The molecule has 1 aliphatic carbocycles. The van der Waals surface area contributed by atoms with E-state index in [2.05, 4.69) is 40.0 Å². The van der Waals surface area contributed by atoms with Gasteiger partial charge in [-0.15, -0.1) is 0 Å². The average molecular weight is 340 g/mol. The van der Waals surface area contributed by atoms with Crippen LogP contribution in [0.5, 0.6) is 0 Å². The largest absolute Gasteiger partial charge is 0.381 e. The Bertz CT molecular complexity index is 754. The number of hydrogen-bond acceptors (Lipinski definition) is 3. The number of carbonyl (C=O) groups excluding carboxylic acids is 1. The fourth-order valence-corrected chi connectivity index (χ4v) is 4.14. The third-order valence-electron chi connectivity index (χ3n) is 5.55. The molecule has 2 fully saturated rings. The molecule has 4 rings (SSSR count). The zero-order chi connectivity index (χ0) is 17.2. The predicted octanol–water partition coefficient (Wildman–Crippen LogP) is 3.17. The van der Waals surface area contributed by atoms with E-state index in [0.29, 0.717) is 17.7 Å². The van der Waals surface area contributed by atoms with Crippen molar-refractivity contribution in [3.05, 3.63) is 29.5 Å². The SMILES string of the molecule is Cc1cc(NC2CCCC2)c2[nH]c(C(=O)NCC3CCNC3)cc2c1. The molecule has 4 N–H and O–H groups in total. The number of aryl methyl sites for hydroxylation is 1. The van der Waals surface area contributed by atoms with Gasteiger partial charge in [0.2, 0.25) is 0 Å². The van der Waals surface area contributed by atoms with Gasteiger partial charge in [-0.05, 0) is 69.0 Å². The van der Waals surface area contributed by atoms with Gasteiger partial charge < -0.3 is 20.9 Å². The van der Waals surface area contributed by atoms with Gasteiger partial charge in [0, 0.05) is 18.0 Å². The van der Waals surface area contributed by atoms with Crippen molar-refractivity contribution in [1.82, 2.24) is 15.6 Å². The Kier molecular flexibility index (Phi) is 4.66. The molecule has 1 unspecified atom stereocenters. The lowest BCUT2D eigenvalue weighted by molar-refractivity contribution is 0.0944. The molecule has 1 aromatic carbocycles. The Morgan fingerprint density at radius 1 is 1.20 bits per heavy atom. The van der Waals surface area contributed by atoms with Crippen LogP contribution in [0.1, 0.15) is 48.2 Å². The fourth-order valence-electron chi connectivity index (χ4n) is 4.14. The van der Waals surface area contributed by atoms with Crippen molar-refractivity contribution < 1.29 is 4.79 Å². The molecule has 5 heteroatoms. The highest BCUT2D eigenvalue weighted by Gasteiger charge is 2.19. The van der Waals surface area contributed by atoms with Gasteiger partial charge in [0.1, 0.15) is 5.69 Å². The molecule has 2 aromatic rings. The lowest BCUT2D eigenvalue weighted by Gasteiger charge is -2.15. The van der Waals surface area contributed by atoms with E-state index in [1.807, 2.05) is 6.07 Å². The topological polar surface area (TPSA) is 69.0 Å². The molecule has 1 saturated carbocycles. The van der Waals surface area contributed by atoms with Crippen molar-refractivity contribution in [1.29, 1.82) is 0 Å². The summed E-state index contributed by atoms with van der Waals surface area (Å²) in [5, 5.41) is 11.2. The number of fused-ring (bicyclic) bond motifs is 1. The molecule has 0 bridgehead atoms. The third-order valence-corrected chi connectivity index (χ3v) is 5.55. The Morgan fingerprint density at radius 3 is 2.80 bits per heavy atom. The van der Waals surface area contributed by atoms with Crippen molar-refractivity contribution >= 4 is 22.5 Å². The lowest BCUT2D eigenvalue weighted by atomic mass is 10.1. The summed E-state index contributed by atoms with van der Waals surface area (Å²) in [7, 11) is 0. The molecule has 25 heavy (non-hydrogen) atoms. The summed E-state index contributed by atoms with van der Waals surface area (Å²) < 4.78 is 0. The molecular formula is C20H28N4O. The van der Waals surface area contributed by atoms with Gasteiger partial charge in [-0.3, -0.25) is 4.79 Å². The molecule has 134 valence electrons. The maximum Gasteiger partial charge on any atom is 0.267 e. The van der Waals surface area contributed by atoms with E-state index in [9.17, 15) is 4.79 Å². The number of H-pyrrole nitrogens is 1. The second-order valence-electron chi connectivity index (χ2n) is 7.65. The summed E-state index contributed by atoms with van der Waals surface area (Å²) in [4.78, 5) is 15.9. The van der Waals surface area contributed by atoms with Crippen LogP contribution in [0.15, 0.2) is 18.2 Å². The van der Waals surface area contributed by atoms with Gasteiger partial charge >= 0.3 is 0 Å². The first-order valence-corrected chi connectivity index (χ1v) is 9.58. The minimum absolute atomic E-state index is 0.00688. The average Bonchev–Trinajstić information content (AvgIpc) is 3.33. The van der Waals surface area contributed by atoms with Crippen molar-refractivity contribution in [2.24, 2.45) is 5.92 Å². The first kappa shape index (κ1) is 16.5. The smallest absolute Gasteiger partial charge is 0.267 e. The van der Waals surface area contributed by atoms with Gasteiger partial charge in [0.15, 0.2) is 0 Å². The second-order valence-corrected chi connectivity index (χ2v) is 7.65. The molecule has 2 aliphatic rings. The molecule has 1 atom stereocenters. The summed E-state index contributed by atoms with van der Waals surface area (Å²) in [6.45, 7) is 4.91. The van der Waals surface area contributed by atoms with Crippen LogP contribution in [0.25, 0.3) is 10.9 Å². The standard InChI is InChI=1S/C20H28N4O/c1-13-8-15-10-18(20(25)22-12-14-6-7-21-11-14)24-19(15)17(9-13)23-16-4-2-3-5-16/h8-10,14,16,21,23-24H,2-7,11-12H2,1H3,(H,22,25). The molecule has 1 saturated heterocycles. The van der Waals surface area contributed by atoms with Gasteiger partial charge in [-0.1, -0.05) is 12.8 Å². The second kappa shape index (κ2) is 7.08. The summed E-state index contributed by atoms with van der Waals surface area (Å²) in [6, 6.07) is 6.86. The summed E-state index contributed by atoms with van der Waals surface area (Å²) >= 11 is 0. The molecule has 1 amide bonds. The van der Waals surface area contributed by atoms with Crippen LogP contribution >= 0.6 is 0 Å². The number of anilines is 1. The molecule has 1 aliphatic heterocycles. The van der Waals surface area contributed by atoms with Crippen LogP contribution in [-0.4, -0.2) is 36.6 Å². The van der Waals surface area contributed by atoms with E-state index in [0.717, 1.165) is 42.6 Å². The quantitative estimate of drug-likeness (QED) is 0.676. The van der Waals surface area contributed by atoms with Crippen molar-refractivity contribution in [3.63, 3.8) is 0 Å². The van der Waals surface area contributed by atoms with Crippen LogP contribution in [0.3, 0.4) is 0 Å². The van der Waals surface area contributed by atoms with Crippen molar-refractivity contribution in [2.75, 3.05) is 25.0 Å². The van der Waals surface area contributed by atoms with Crippen LogP contribution < -0.4 is 16.0 Å². The Labute approximate surface area is 149 Å². The highest BCUT2D eigenvalue weighted by atomic mass is 16.1. The third kappa shape index (κ3) is 3.66. The van der Waals surface area contributed by atoms with Crippen LogP contribution in [-0.2, 0) is 0 Å². The van der Waals surface area contributed by atoms with Gasteiger partial charge in [-0.25, -0.2) is 0 Å². The molecule has 0 spiro atoms. The monoisotopic (exact) mass is 340 g/mol. The maximum absolute atomic E-state index is 12.5. The summed E-state index contributed by atoms with van der Waals surface area (Å²) in [5.41, 5.74) is 4.04. The number of carbonyl (C=O) groups is 1. The minimum atomic E-state index is -0.00688. The highest BCUT2D eigenvalue weighted by molar-refractivity contribution is 6.01. The number of aromatic nitrogens is 1. The molecule has 1 aromatic heterocycles. The first-order chi connectivity index (χ1) is 12.2. The van der Waals surface area contributed by atoms with Crippen LogP contribution in [0.2, 0.25) is 0 Å². The number of aromatic amines is 1. The predicted molar refractivity (Wildman–Crippen MR) is 102 cm³/mol. The zero-order valence-corrected chi connectivity index (χ0v) is 15.0. The van der Waals surface area contributed by atoms with Crippen LogP contribution in [0.4, 0.5) is 5.69 Å². The van der Waals surface area contributed by atoms with E-state index in [-0.39, 0.29) is 5.91 Å². The molecule has 2 heterocycles. The lowest BCUT2D eigenvalue weighted by Crippen LogP contribution is -2.30. The van der Waals surface area contributed by atoms with Gasteiger partial charge in [-0.2, -0.15) is 0 Å². The number of amides is 1. The number of nitrogens with one attached hydrogen (secondary N) is 4. The summed E-state index contributed by atoms with van der Waals surface area (Å²) in [6.07, 6.45) is 6.22. The Morgan fingerprint density at radius 2 is 2.04 bits per heavy atom. The molecular weight excluding hydrogens is 312 g/mol. The molecule has 0 radical (unpaired) electrons. The Hall–Kier alpha value is -2.01. The maximum atomic E-state index is 12.5. The number of benzene rings is 1. The van der Waals surface area contributed by atoms with Crippen molar-refractivity contribution in [3.8, 4) is 0 Å². The van der Waals surface area contributed by atoms with Crippen molar-refractivity contribution in [2.45, 2.75) is 45.1 Å². The minimum Gasteiger partial charge on any atom is -0.381 e. The summed E-state index contributed by atoms with van der Waals surface area (Å²) in [5.74, 6) is 0.544. The van der Waals surface area contributed by atoms with Gasteiger partial charge in [0.25, 0.3) is 5.91 Å². The first-order valence-electron chi connectivity index (χ1n) is 9.58. The number of hydrogen-bond donors (Lipinski definition) is 4. The zero-order valence-electron chi connectivity index (χ0n) is 15.0. The van der Waals surface area contributed by atoms with E-state index in [1.54, 1.807) is 0 Å². The highest BCUT2D eigenvalue weighted by Crippen LogP contribution is 2.29. The van der Waals surface area contributed by atoms with E-state index < -0.39 is 0 Å². The number of rotatable bonds is 5. The Balaban J connectivity index is 1.52. The van der Waals surface area contributed by atoms with Crippen LogP contribution in [0, 0.1) is 12.8 Å². The van der Waals surface area contributed by atoms with Gasteiger partial charge in [0.05, 0.1) is 11.2 Å².